The topological polar surface area (TPSA) is 27.7 Å². The van der Waals surface area contributed by atoms with Crippen LogP contribution in [0.4, 0.5) is 0 Å². The lowest BCUT2D eigenvalue weighted by atomic mass is 10.2. The van der Waals surface area contributed by atoms with Crippen molar-refractivity contribution in [2.75, 3.05) is 26.4 Å². The van der Waals surface area contributed by atoms with Crippen molar-refractivity contribution in [1.82, 2.24) is 0 Å². The second-order valence-electron chi connectivity index (χ2n) is 4.62. The smallest absolute Gasteiger partial charge is 0.158 e. The summed E-state index contributed by atoms with van der Waals surface area (Å²) in [6, 6.07) is 9.84. The van der Waals surface area contributed by atoms with Crippen LogP contribution in [0.1, 0.15) is 24.8 Å². The van der Waals surface area contributed by atoms with E-state index in [1.165, 1.54) is 6.42 Å². The second kappa shape index (κ2) is 10.0. The van der Waals surface area contributed by atoms with Crippen LogP contribution in [0.5, 0.6) is 0 Å². The molecule has 2 rings (SSSR count). The van der Waals surface area contributed by atoms with Gasteiger partial charge in [0.15, 0.2) is 6.29 Å². The lowest BCUT2D eigenvalue weighted by Crippen LogP contribution is -2.22. The molecule has 1 aromatic carbocycles. The molecule has 3 heteroatoms. The fraction of sp³-hybridized carbons (Fsp3) is 0.444. The van der Waals surface area contributed by atoms with Gasteiger partial charge in [-0.2, -0.15) is 0 Å². The molecule has 0 N–H and O–H groups in total. The Morgan fingerprint density at radius 3 is 2.62 bits per heavy atom. The van der Waals surface area contributed by atoms with Crippen molar-refractivity contribution in [2.24, 2.45) is 0 Å². The van der Waals surface area contributed by atoms with E-state index in [-0.39, 0.29) is 6.29 Å². The molecule has 1 saturated heterocycles. The summed E-state index contributed by atoms with van der Waals surface area (Å²) in [6.07, 6.45) is 3.18. The number of benzene rings is 1. The fourth-order valence-corrected chi connectivity index (χ4v) is 1.89. The van der Waals surface area contributed by atoms with E-state index in [4.69, 9.17) is 14.2 Å². The normalized spacial score (nSPS) is 17.2. The van der Waals surface area contributed by atoms with Crippen molar-refractivity contribution >= 4 is 0 Å². The van der Waals surface area contributed by atoms with E-state index in [0.29, 0.717) is 19.8 Å². The van der Waals surface area contributed by atoms with Crippen molar-refractivity contribution in [2.45, 2.75) is 25.6 Å². The van der Waals surface area contributed by atoms with E-state index in [0.717, 1.165) is 25.0 Å². The molecule has 21 heavy (non-hydrogen) atoms. The Kier molecular flexibility index (Phi) is 7.45. The molecule has 1 aliphatic heterocycles. The summed E-state index contributed by atoms with van der Waals surface area (Å²) in [7, 11) is 0. The molecule has 1 atom stereocenters. The highest BCUT2D eigenvalue weighted by atomic mass is 16.7. The van der Waals surface area contributed by atoms with Crippen molar-refractivity contribution in [1.29, 1.82) is 0 Å². The van der Waals surface area contributed by atoms with Crippen molar-refractivity contribution in [3.05, 3.63) is 35.9 Å². The number of ether oxygens (including phenoxy) is 3. The lowest BCUT2D eigenvalue weighted by molar-refractivity contribution is -0.154. The molecule has 0 aromatic heterocycles. The van der Waals surface area contributed by atoms with E-state index in [9.17, 15) is 0 Å². The highest BCUT2D eigenvalue weighted by molar-refractivity contribution is 5.33. The molecule has 1 aliphatic rings. The van der Waals surface area contributed by atoms with Crippen LogP contribution in [0.2, 0.25) is 0 Å². The molecule has 1 heterocycles. The highest BCUT2D eigenvalue weighted by Gasteiger charge is 2.12. The van der Waals surface area contributed by atoms with Crippen molar-refractivity contribution in [3.8, 4) is 23.7 Å². The standard InChI is InChI=1S/C18H20O3/c1-2-9-17(10-3-1)11-8-14-19-13-6-7-16-21-18-12-4-5-15-20-18/h1-3,9-10,18H,4-5,12-16H2. The molecular weight excluding hydrogens is 264 g/mol. The van der Waals surface area contributed by atoms with Gasteiger partial charge in [0.2, 0.25) is 0 Å². The van der Waals surface area contributed by atoms with Crippen molar-refractivity contribution < 1.29 is 14.2 Å². The first-order chi connectivity index (χ1) is 10.4. The monoisotopic (exact) mass is 284 g/mol. The van der Waals surface area contributed by atoms with E-state index in [2.05, 4.69) is 23.7 Å². The van der Waals surface area contributed by atoms with Crippen LogP contribution < -0.4 is 0 Å². The van der Waals surface area contributed by atoms with Gasteiger partial charge in [-0.15, -0.1) is 0 Å². The molecule has 1 fully saturated rings. The Balaban J connectivity index is 1.52. The molecule has 3 nitrogen and oxygen atoms in total. The first-order valence-electron chi connectivity index (χ1n) is 7.26. The first kappa shape index (κ1) is 15.6. The minimum atomic E-state index is -0.0780. The fourth-order valence-electron chi connectivity index (χ4n) is 1.89. The third-order valence-electron chi connectivity index (χ3n) is 2.96. The summed E-state index contributed by atoms with van der Waals surface area (Å²) in [6.45, 7) is 1.94. The van der Waals surface area contributed by atoms with Gasteiger partial charge in [0.05, 0.1) is 0 Å². The Labute approximate surface area is 126 Å². The summed E-state index contributed by atoms with van der Waals surface area (Å²) in [4.78, 5) is 0. The summed E-state index contributed by atoms with van der Waals surface area (Å²) in [5.74, 6) is 11.8. The molecule has 0 aliphatic carbocycles. The van der Waals surface area contributed by atoms with E-state index < -0.39 is 0 Å². The number of rotatable bonds is 4. The Morgan fingerprint density at radius 1 is 1.00 bits per heavy atom. The molecule has 1 aromatic rings. The van der Waals surface area contributed by atoms with Gasteiger partial charge >= 0.3 is 0 Å². The predicted octanol–water partition coefficient (Wildman–Crippen LogP) is 2.60. The van der Waals surface area contributed by atoms with Crippen molar-refractivity contribution in [3.63, 3.8) is 0 Å². The maximum absolute atomic E-state index is 5.49. The van der Waals surface area contributed by atoms with E-state index in [1.54, 1.807) is 0 Å². The highest BCUT2D eigenvalue weighted by Crippen LogP contribution is 2.12. The molecule has 0 spiro atoms. The molecule has 0 saturated carbocycles. The minimum absolute atomic E-state index is 0.0780. The molecular formula is C18H20O3. The van der Waals surface area contributed by atoms with Gasteiger partial charge in [-0.25, -0.2) is 0 Å². The maximum Gasteiger partial charge on any atom is 0.158 e. The van der Waals surface area contributed by atoms with Gasteiger partial charge in [-0.05, 0) is 31.4 Å². The van der Waals surface area contributed by atoms with Crippen LogP contribution in [-0.4, -0.2) is 32.7 Å². The van der Waals surface area contributed by atoms with Crippen LogP contribution in [0, 0.1) is 23.7 Å². The predicted molar refractivity (Wildman–Crippen MR) is 81.5 cm³/mol. The van der Waals surface area contributed by atoms with Gasteiger partial charge < -0.3 is 14.2 Å². The Morgan fingerprint density at radius 2 is 1.81 bits per heavy atom. The second-order valence-corrected chi connectivity index (χ2v) is 4.62. The van der Waals surface area contributed by atoms with Crippen LogP contribution >= 0.6 is 0 Å². The average Bonchev–Trinajstić information content (AvgIpc) is 2.55. The van der Waals surface area contributed by atoms with Crippen LogP contribution in [0.25, 0.3) is 0 Å². The zero-order valence-electron chi connectivity index (χ0n) is 12.1. The van der Waals surface area contributed by atoms with E-state index in [1.807, 2.05) is 30.3 Å². The SMILES string of the molecule is C(#CCOC1CCCCO1)COCC#Cc1ccccc1. The third-order valence-corrected chi connectivity index (χ3v) is 2.96. The quantitative estimate of drug-likeness (QED) is 0.628. The Bertz CT molecular complexity index is 510. The van der Waals surface area contributed by atoms with Gasteiger partial charge in [0.25, 0.3) is 0 Å². The van der Waals surface area contributed by atoms with Gasteiger partial charge in [0, 0.05) is 12.2 Å². The van der Waals surface area contributed by atoms with Gasteiger partial charge in [-0.1, -0.05) is 41.9 Å². The summed E-state index contributed by atoms with van der Waals surface area (Å²) in [5, 5.41) is 0. The maximum atomic E-state index is 5.49. The molecule has 0 bridgehead atoms. The van der Waals surface area contributed by atoms with Crippen LogP contribution in [0.15, 0.2) is 30.3 Å². The zero-order valence-corrected chi connectivity index (χ0v) is 12.1. The third kappa shape index (κ3) is 6.97. The molecule has 110 valence electrons. The van der Waals surface area contributed by atoms with Gasteiger partial charge in [-0.3, -0.25) is 0 Å². The minimum Gasteiger partial charge on any atom is -0.356 e. The van der Waals surface area contributed by atoms with Crippen LogP contribution in [-0.2, 0) is 14.2 Å². The summed E-state index contributed by atoms with van der Waals surface area (Å²) < 4.78 is 16.2. The average molecular weight is 284 g/mol. The molecule has 0 amide bonds. The van der Waals surface area contributed by atoms with E-state index >= 15 is 0 Å². The molecule has 1 unspecified atom stereocenters. The molecule has 0 radical (unpaired) electrons. The zero-order chi connectivity index (χ0) is 14.6. The first-order valence-corrected chi connectivity index (χ1v) is 7.26. The summed E-state index contributed by atoms with van der Waals surface area (Å²) in [5.41, 5.74) is 0.994. The van der Waals surface area contributed by atoms with Crippen LogP contribution in [0.3, 0.4) is 0 Å². The summed E-state index contributed by atoms with van der Waals surface area (Å²) >= 11 is 0. The lowest BCUT2D eigenvalue weighted by Gasteiger charge is -2.21. The largest absolute Gasteiger partial charge is 0.356 e. The number of hydrogen-bond donors (Lipinski definition) is 0. The number of hydrogen-bond acceptors (Lipinski definition) is 3. The van der Waals surface area contributed by atoms with Gasteiger partial charge in [0.1, 0.15) is 19.8 Å². The Hall–Kier alpha value is -1.78.